The quantitative estimate of drug-likeness (QED) is 0.635. The van der Waals surface area contributed by atoms with Gasteiger partial charge in [0.2, 0.25) is 0 Å². The molecule has 24 heavy (non-hydrogen) atoms. The average Bonchev–Trinajstić information content (AvgIpc) is 2.50. The third-order valence-electron chi connectivity index (χ3n) is 3.15. The number of nitrogens with two attached hydrogens (primary N) is 1. The Morgan fingerprint density at radius 2 is 1.92 bits per heavy atom. The van der Waals surface area contributed by atoms with Gasteiger partial charge in [0.15, 0.2) is 0 Å². The minimum Gasteiger partial charge on any atom is -0.383 e. The van der Waals surface area contributed by atoms with Crippen LogP contribution >= 0.6 is 27.5 Å². The monoisotopic (exact) mass is 413 g/mol. The fourth-order valence-electron chi connectivity index (χ4n) is 2.08. The van der Waals surface area contributed by atoms with Gasteiger partial charge >= 0.3 is 0 Å². The van der Waals surface area contributed by atoms with E-state index < -0.39 is 11.7 Å². The zero-order valence-corrected chi connectivity index (χ0v) is 14.7. The molecule has 0 bridgehead atoms. The van der Waals surface area contributed by atoms with E-state index in [0.29, 0.717) is 15.1 Å². The third kappa shape index (κ3) is 4.46. The van der Waals surface area contributed by atoms with Crippen molar-refractivity contribution in [3.05, 3.63) is 62.8 Å². The number of primary amides is 1. The van der Waals surface area contributed by atoms with Crippen molar-refractivity contribution in [1.29, 1.82) is 0 Å². The maximum absolute atomic E-state index is 13.8. The number of hydrogen-bond acceptors (Lipinski definition) is 3. The zero-order chi connectivity index (χ0) is 17.7. The van der Waals surface area contributed by atoms with E-state index in [0.717, 1.165) is 6.07 Å². The van der Waals surface area contributed by atoms with Gasteiger partial charge in [0, 0.05) is 17.6 Å². The molecular weight excluding hydrogens is 401 g/mol. The lowest BCUT2D eigenvalue weighted by Crippen LogP contribution is -2.29. The number of anilines is 1. The second-order valence-corrected chi connectivity index (χ2v) is 6.16. The molecular formula is C16H14BrClFN3O2. The number of halogens is 3. The van der Waals surface area contributed by atoms with Crippen molar-refractivity contribution >= 4 is 45.0 Å². The number of nitrogens with one attached hydrogen (secondary N) is 2. The first-order valence-electron chi connectivity index (χ1n) is 6.95. The first-order chi connectivity index (χ1) is 11.4. The number of hydrogen-bond donors (Lipinski definition) is 3. The van der Waals surface area contributed by atoms with Gasteiger partial charge in [0.1, 0.15) is 5.82 Å². The molecule has 2 aromatic carbocycles. The number of amides is 2. The second-order valence-electron chi connectivity index (χ2n) is 4.84. The molecule has 0 saturated heterocycles. The number of carbonyl (C=O) groups excluding carboxylic acids is 2. The largest absolute Gasteiger partial charge is 0.383 e. The fourth-order valence-corrected chi connectivity index (χ4v) is 2.73. The van der Waals surface area contributed by atoms with E-state index in [1.807, 2.05) is 0 Å². The molecule has 0 aliphatic rings. The van der Waals surface area contributed by atoms with Gasteiger partial charge in [-0.3, -0.25) is 9.59 Å². The highest BCUT2D eigenvalue weighted by atomic mass is 79.9. The SMILES string of the molecule is NC(=O)c1c(F)cc(Br)cc1NCCNC(=O)c1ccccc1Cl. The minimum absolute atomic E-state index is 0.226. The highest BCUT2D eigenvalue weighted by molar-refractivity contribution is 9.10. The molecule has 0 aliphatic carbocycles. The van der Waals surface area contributed by atoms with E-state index in [2.05, 4.69) is 26.6 Å². The molecule has 0 saturated carbocycles. The smallest absolute Gasteiger partial charge is 0.253 e. The normalized spacial score (nSPS) is 10.3. The van der Waals surface area contributed by atoms with Crippen LogP contribution in [0.5, 0.6) is 0 Å². The first-order valence-corrected chi connectivity index (χ1v) is 8.12. The van der Waals surface area contributed by atoms with Crippen LogP contribution in [0, 0.1) is 5.82 Å². The Morgan fingerprint density at radius 3 is 2.58 bits per heavy atom. The molecule has 0 radical (unpaired) electrons. The lowest BCUT2D eigenvalue weighted by atomic mass is 10.1. The summed E-state index contributed by atoms with van der Waals surface area (Å²) in [4.78, 5) is 23.4. The number of benzene rings is 2. The predicted octanol–water partition coefficient (Wildman–Crippen LogP) is 3.18. The fraction of sp³-hybridized carbons (Fsp3) is 0.125. The summed E-state index contributed by atoms with van der Waals surface area (Å²) in [5.74, 6) is -1.92. The molecule has 0 aliphatic heterocycles. The van der Waals surface area contributed by atoms with Crippen LogP contribution in [0.4, 0.5) is 10.1 Å². The summed E-state index contributed by atoms with van der Waals surface area (Å²) in [6.07, 6.45) is 0. The second kappa shape index (κ2) is 8.12. The van der Waals surface area contributed by atoms with Gasteiger partial charge < -0.3 is 16.4 Å². The number of rotatable bonds is 6. The summed E-state index contributed by atoms with van der Waals surface area (Å²) < 4.78 is 14.3. The topological polar surface area (TPSA) is 84.2 Å². The Kier molecular flexibility index (Phi) is 6.16. The van der Waals surface area contributed by atoms with Gasteiger partial charge in [0.05, 0.1) is 21.8 Å². The minimum atomic E-state index is -0.873. The highest BCUT2D eigenvalue weighted by Gasteiger charge is 2.15. The van der Waals surface area contributed by atoms with Crippen molar-refractivity contribution in [3.63, 3.8) is 0 Å². The maximum Gasteiger partial charge on any atom is 0.253 e. The molecule has 5 nitrogen and oxygen atoms in total. The summed E-state index contributed by atoms with van der Waals surface area (Å²) in [7, 11) is 0. The van der Waals surface area contributed by atoms with Crippen molar-refractivity contribution in [3.8, 4) is 0 Å². The van der Waals surface area contributed by atoms with E-state index in [-0.39, 0.29) is 30.2 Å². The van der Waals surface area contributed by atoms with Crippen LogP contribution in [0.2, 0.25) is 5.02 Å². The van der Waals surface area contributed by atoms with E-state index in [1.54, 1.807) is 30.3 Å². The average molecular weight is 415 g/mol. The van der Waals surface area contributed by atoms with E-state index in [9.17, 15) is 14.0 Å². The molecule has 126 valence electrons. The van der Waals surface area contributed by atoms with Gasteiger partial charge in [-0.1, -0.05) is 39.7 Å². The molecule has 0 unspecified atom stereocenters. The van der Waals surface area contributed by atoms with E-state index in [1.165, 1.54) is 0 Å². The summed E-state index contributed by atoms with van der Waals surface area (Å²) in [5.41, 5.74) is 5.58. The first kappa shape index (κ1) is 18.2. The lowest BCUT2D eigenvalue weighted by Gasteiger charge is -2.12. The lowest BCUT2D eigenvalue weighted by molar-refractivity contribution is 0.0953. The summed E-state index contributed by atoms with van der Waals surface area (Å²) in [5, 5.41) is 5.91. The van der Waals surface area contributed by atoms with Crippen LogP contribution in [-0.4, -0.2) is 24.9 Å². The van der Waals surface area contributed by atoms with Crippen LogP contribution in [-0.2, 0) is 0 Å². The molecule has 0 atom stereocenters. The molecule has 0 spiro atoms. The van der Waals surface area contributed by atoms with Gasteiger partial charge in [0.25, 0.3) is 11.8 Å². The Morgan fingerprint density at radius 1 is 1.21 bits per heavy atom. The zero-order valence-electron chi connectivity index (χ0n) is 12.4. The van der Waals surface area contributed by atoms with Crippen LogP contribution in [0.15, 0.2) is 40.9 Å². The van der Waals surface area contributed by atoms with E-state index >= 15 is 0 Å². The van der Waals surface area contributed by atoms with Gasteiger partial charge in [-0.25, -0.2) is 4.39 Å². The van der Waals surface area contributed by atoms with Gasteiger partial charge in [-0.05, 0) is 24.3 Å². The van der Waals surface area contributed by atoms with Crippen molar-refractivity contribution in [2.75, 3.05) is 18.4 Å². The molecule has 0 heterocycles. The van der Waals surface area contributed by atoms with Crippen LogP contribution < -0.4 is 16.4 Å². The molecule has 4 N–H and O–H groups in total. The van der Waals surface area contributed by atoms with Crippen LogP contribution in [0.1, 0.15) is 20.7 Å². The predicted molar refractivity (Wildman–Crippen MR) is 94.9 cm³/mol. The molecule has 0 fully saturated rings. The van der Waals surface area contributed by atoms with Gasteiger partial charge in [-0.2, -0.15) is 0 Å². The molecule has 8 heteroatoms. The van der Waals surface area contributed by atoms with Crippen LogP contribution in [0.25, 0.3) is 0 Å². The maximum atomic E-state index is 13.8. The Labute approximate surface area is 151 Å². The summed E-state index contributed by atoms with van der Waals surface area (Å²) >= 11 is 9.09. The van der Waals surface area contributed by atoms with Crippen LogP contribution in [0.3, 0.4) is 0 Å². The Hall–Kier alpha value is -2.12. The highest BCUT2D eigenvalue weighted by Crippen LogP contribution is 2.24. The molecule has 2 rings (SSSR count). The van der Waals surface area contributed by atoms with E-state index in [4.69, 9.17) is 17.3 Å². The Bertz CT molecular complexity index is 786. The van der Waals surface area contributed by atoms with Crippen molar-refractivity contribution in [2.24, 2.45) is 5.73 Å². The standard InChI is InChI=1S/C16H14BrClFN3O2/c17-9-7-12(19)14(15(20)23)13(8-9)21-5-6-22-16(24)10-3-1-2-4-11(10)18/h1-4,7-8,21H,5-6H2,(H2,20,23)(H,22,24). The van der Waals surface area contributed by atoms with Crippen molar-refractivity contribution in [1.82, 2.24) is 5.32 Å². The summed E-state index contributed by atoms with van der Waals surface area (Å²) in [6.45, 7) is 0.517. The van der Waals surface area contributed by atoms with Crippen molar-refractivity contribution < 1.29 is 14.0 Å². The Balaban J connectivity index is 1.97. The molecule has 2 aromatic rings. The van der Waals surface area contributed by atoms with Gasteiger partial charge in [-0.15, -0.1) is 0 Å². The summed E-state index contributed by atoms with van der Waals surface area (Å²) in [6, 6.07) is 9.37. The van der Waals surface area contributed by atoms with Crippen molar-refractivity contribution in [2.45, 2.75) is 0 Å². The third-order valence-corrected chi connectivity index (χ3v) is 3.93. The molecule has 0 aromatic heterocycles. The number of carbonyl (C=O) groups is 2. The molecule has 2 amide bonds.